The van der Waals surface area contributed by atoms with E-state index >= 15 is 0 Å². The zero-order valence-corrected chi connectivity index (χ0v) is 26.1. The van der Waals surface area contributed by atoms with Crippen molar-refractivity contribution in [3.8, 4) is 17.3 Å². The molecule has 0 aromatic carbocycles. The first-order valence-corrected chi connectivity index (χ1v) is 15.0. The van der Waals surface area contributed by atoms with Crippen molar-refractivity contribution < 1.29 is 23.8 Å². The van der Waals surface area contributed by atoms with Crippen molar-refractivity contribution in [2.45, 2.75) is 70.6 Å². The summed E-state index contributed by atoms with van der Waals surface area (Å²) in [6, 6.07) is 9.17. The summed E-state index contributed by atoms with van der Waals surface area (Å²) in [6.45, 7) is 7.62. The highest BCUT2D eigenvalue weighted by molar-refractivity contribution is 6.33. The van der Waals surface area contributed by atoms with E-state index in [2.05, 4.69) is 21.7 Å². The van der Waals surface area contributed by atoms with Crippen LogP contribution < -0.4 is 10.6 Å². The summed E-state index contributed by atoms with van der Waals surface area (Å²) in [5.41, 5.74) is 0.200. The molecule has 43 heavy (non-hydrogen) atoms. The second-order valence-corrected chi connectivity index (χ2v) is 12.5. The van der Waals surface area contributed by atoms with Gasteiger partial charge in [-0.25, -0.2) is 14.8 Å². The Morgan fingerprint density at radius 3 is 2.70 bits per heavy atom. The van der Waals surface area contributed by atoms with E-state index in [9.17, 15) is 14.9 Å². The first-order chi connectivity index (χ1) is 20.5. The SMILES string of the molecule is COCCN(C(=O)OC(C)(C)C)[C@@H]1CC[C@@H](Nc2cc(-c3cccc(NCC4(C#N)CCOCC4)n3)c(Cl)cn2)CC1=O. The number of hydrogen-bond acceptors (Lipinski definition) is 10. The second-order valence-electron chi connectivity index (χ2n) is 12.1. The van der Waals surface area contributed by atoms with Crippen molar-refractivity contribution >= 4 is 35.1 Å². The topological polar surface area (TPSA) is 139 Å². The number of hydrogen-bond donors (Lipinski definition) is 2. The summed E-state index contributed by atoms with van der Waals surface area (Å²) < 4.78 is 16.2. The third kappa shape index (κ3) is 8.78. The van der Waals surface area contributed by atoms with E-state index in [1.165, 1.54) is 4.90 Å². The quantitative estimate of drug-likeness (QED) is 0.363. The molecule has 2 aromatic heterocycles. The molecule has 0 bridgehead atoms. The van der Waals surface area contributed by atoms with E-state index in [-0.39, 0.29) is 24.8 Å². The smallest absolute Gasteiger partial charge is 0.410 e. The van der Waals surface area contributed by atoms with Crippen LogP contribution in [0.15, 0.2) is 30.5 Å². The van der Waals surface area contributed by atoms with Crippen LogP contribution in [-0.2, 0) is 19.0 Å². The van der Waals surface area contributed by atoms with Crippen LogP contribution in [-0.4, -0.2) is 84.4 Å². The standard InChI is InChI=1S/C31H41ClN6O5/c1-30(2,3)43-29(40)38(12-15-41-4)25-9-8-21(16-26(25)39)36-28-17-22(23(32)18-34-28)24-6-5-7-27(37-24)35-20-31(19-33)10-13-42-14-11-31/h5-7,17-18,21,25H,8-16,20H2,1-4H3,(H,34,36)(H,35,37)/t21-,25-/m1/s1. The Hall–Kier alpha value is -3.46. The molecule has 2 aromatic rings. The van der Waals surface area contributed by atoms with Gasteiger partial charge in [-0.1, -0.05) is 17.7 Å². The first kappa shape index (κ1) is 32.5. The van der Waals surface area contributed by atoms with E-state index in [4.69, 9.17) is 30.8 Å². The number of ether oxygens (including phenoxy) is 3. The molecular formula is C31H41ClN6O5. The molecular weight excluding hydrogens is 572 g/mol. The summed E-state index contributed by atoms with van der Waals surface area (Å²) in [4.78, 5) is 36.8. The highest BCUT2D eigenvalue weighted by Crippen LogP contribution is 2.32. The van der Waals surface area contributed by atoms with Crippen LogP contribution in [0.3, 0.4) is 0 Å². The molecule has 1 aliphatic heterocycles. The number of rotatable bonds is 10. The molecule has 1 amide bonds. The molecule has 1 saturated heterocycles. The summed E-state index contributed by atoms with van der Waals surface area (Å²) in [7, 11) is 1.56. The lowest BCUT2D eigenvalue weighted by molar-refractivity contribution is -0.126. The lowest BCUT2D eigenvalue weighted by Gasteiger charge is -2.36. The summed E-state index contributed by atoms with van der Waals surface area (Å²) in [5, 5.41) is 16.9. The minimum absolute atomic E-state index is 0.0417. The molecule has 0 spiro atoms. The number of nitrogens with zero attached hydrogens (tertiary/aromatic N) is 4. The third-order valence-electron chi connectivity index (χ3n) is 7.68. The van der Waals surface area contributed by atoms with Crippen molar-refractivity contribution in [3.63, 3.8) is 0 Å². The Kier molecular flexibility index (Phi) is 10.8. The number of Topliss-reactive ketones (excluding diaryl/α,β-unsaturated/α-hetero) is 1. The van der Waals surface area contributed by atoms with Crippen LogP contribution in [0.4, 0.5) is 16.4 Å². The predicted molar refractivity (Wildman–Crippen MR) is 164 cm³/mol. The summed E-state index contributed by atoms with van der Waals surface area (Å²) in [6.07, 6.45) is 3.79. The van der Waals surface area contributed by atoms with Gasteiger partial charge >= 0.3 is 6.09 Å². The molecule has 232 valence electrons. The van der Waals surface area contributed by atoms with Crippen LogP contribution in [0.25, 0.3) is 11.3 Å². The highest BCUT2D eigenvalue weighted by Gasteiger charge is 2.37. The van der Waals surface area contributed by atoms with Gasteiger partial charge in [0.05, 0.1) is 34.8 Å². The van der Waals surface area contributed by atoms with Gasteiger partial charge in [0.25, 0.3) is 0 Å². The van der Waals surface area contributed by atoms with Crippen LogP contribution in [0, 0.1) is 16.7 Å². The maximum absolute atomic E-state index is 13.3. The van der Waals surface area contributed by atoms with E-state index in [1.807, 2.05) is 24.3 Å². The van der Waals surface area contributed by atoms with Gasteiger partial charge in [0.15, 0.2) is 5.78 Å². The van der Waals surface area contributed by atoms with Crippen LogP contribution in [0.2, 0.25) is 5.02 Å². The van der Waals surface area contributed by atoms with E-state index < -0.39 is 23.2 Å². The maximum Gasteiger partial charge on any atom is 0.410 e. The number of aromatic nitrogens is 2. The number of halogens is 1. The number of nitriles is 1. The largest absolute Gasteiger partial charge is 0.444 e. The molecule has 2 atom stereocenters. The van der Waals surface area contributed by atoms with Gasteiger partial charge < -0.3 is 24.8 Å². The zero-order chi connectivity index (χ0) is 31.0. The summed E-state index contributed by atoms with van der Waals surface area (Å²) in [5.74, 6) is 1.18. The Balaban J connectivity index is 1.42. The van der Waals surface area contributed by atoms with E-state index in [1.54, 1.807) is 34.1 Å². The summed E-state index contributed by atoms with van der Waals surface area (Å²) >= 11 is 6.54. The third-order valence-corrected chi connectivity index (χ3v) is 7.98. The fraction of sp³-hybridized carbons (Fsp3) is 0.581. The molecule has 2 fully saturated rings. The molecule has 2 N–H and O–H groups in total. The van der Waals surface area contributed by atoms with Crippen molar-refractivity contribution in [1.29, 1.82) is 5.26 Å². The van der Waals surface area contributed by atoms with Crippen molar-refractivity contribution in [2.24, 2.45) is 5.41 Å². The van der Waals surface area contributed by atoms with E-state index in [0.717, 1.165) is 0 Å². The number of pyridine rings is 2. The second kappa shape index (κ2) is 14.3. The zero-order valence-electron chi connectivity index (χ0n) is 25.3. The van der Waals surface area contributed by atoms with Gasteiger partial charge in [-0.15, -0.1) is 0 Å². The fourth-order valence-corrected chi connectivity index (χ4v) is 5.49. The molecule has 1 aliphatic carbocycles. The van der Waals surface area contributed by atoms with Gasteiger partial charge in [-0.05, 0) is 64.7 Å². The number of carbonyl (C=O) groups excluding carboxylic acids is 2. The molecule has 11 nitrogen and oxygen atoms in total. The van der Waals surface area contributed by atoms with Crippen LogP contribution in [0.5, 0.6) is 0 Å². The Morgan fingerprint density at radius 2 is 2.02 bits per heavy atom. The first-order valence-electron chi connectivity index (χ1n) is 14.7. The van der Waals surface area contributed by atoms with Crippen LogP contribution >= 0.6 is 11.6 Å². The molecule has 3 heterocycles. The minimum Gasteiger partial charge on any atom is -0.444 e. The molecule has 2 aliphatic rings. The predicted octanol–water partition coefficient (Wildman–Crippen LogP) is 5.31. The number of anilines is 2. The normalized spacial score (nSPS) is 20.1. The van der Waals surface area contributed by atoms with Gasteiger partial charge in [0, 0.05) is 57.6 Å². The average Bonchev–Trinajstić information content (AvgIpc) is 2.98. The minimum atomic E-state index is -0.670. The number of ketones is 1. The number of nitrogens with one attached hydrogen (secondary N) is 2. The van der Waals surface area contributed by atoms with Gasteiger partial charge in [0.2, 0.25) is 0 Å². The number of methoxy groups -OCH3 is 1. The number of amides is 1. The molecule has 4 rings (SSSR count). The lowest BCUT2D eigenvalue weighted by atomic mass is 9.82. The van der Waals surface area contributed by atoms with Crippen molar-refractivity contribution in [1.82, 2.24) is 14.9 Å². The number of carbonyl (C=O) groups is 2. The molecule has 1 saturated carbocycles. The van der Waals surface area contributed by atoms with Crippen LogP contribution in [0.1, 0.15) is 52.9 Å². The van der Waals surface area contributed by atoms with Gasteiger partial charge in [-0.3, -0.25) is 9.69 Å². The molecule has 0 radical (unpaired) electrons. The van der Waals surface area contributed by atoms with E-state index in [0.29, 0.717) is 80.0 Å². The maximum atomic E-state index is 13.3. The van der Waals surface area contributed by atoms with Crippen molar-refractivity contribution in [3.05, 3.63) is 35.5 Å². The Bertz CT molecular complexity index is 1320. The van der Waals surface area contributed by atoms with Crippen molar-refractivity contribution in [2.75, 3.05) is 50.7 Å². The molecule has 12 heteroatoms. The average molecular weight is 613 g/mol. The monoisotopic (exact) mass is 612 g/mol. The molecule has 0 unspecified atom stereocenters. The van der Waals surface area contributed by atoms with Gasteiger partial charge in [-0.2, -0.15) is 5.26 Å². The van der Waals surface area contributed by atoms with Gasteiger partial charge in [0.1, 0.15) is 17.2 Å². The Labute approximate surface area is 258 Å². The lowest BCUT2D eigenvalue weighted by Crippen LogP contribution is -2.51. The Morgan fingerprint density at radius 1 is 1.26 bits per heavy atom. The highest BCUT2D eigenvalue weighted by atomic mass is 35.5. The fourth-order valence-electron chi connectivity index (χ4n) is 5.29.